The maximum absolute atomic E-state index is 11.2. The number of ether oxygens (including phenoxy) is 1. The molecule has 4 nitrogen and oxygen atoms in total. The zero-order valence-corrected chi connectivity index (χ0v) is 10.5. The standard InChI is InChI=1S/C12H23NO3/c1-10(2)6-4-5-7-13-12(15)9-16-8-11(3)14/h10H,4-9H2,1-3H3,(H,13,15). The van der Waals surface area contributed by atoms with Crippen LogP contribution in [-0.2, 0) is 14.3 Å². The van der Waals surface area contributed by atoms with E-state index in [2.05, 4.69) is 19.2 Å². The normalized spacial score (nSPS) is 10.5. The van der Waals surface area contributed by atoms with Gasteiger partial charge >= 0.3 is 0 Å². The topological polar surface area (TPSA) is 55.4 Å². The molecule has 0 aliphatic rings. The van der Waals surface area contributed by atoms with Gasteiger partial charge in [0, 0.05) is 6.54 Å². The van der Waals surface area contributed by atoms with Gasteiger partial charge in [-0.15, -0.1) is 0 Å². The third kappa shape index (κ3) is 11.2. The Labute approximate surface area is 97.7 Å². The summed E-state index contributed by atoms with van der Waals surface area (Å²) >= 11 is 0. The highest BCUT2D eigenvalue weighted by Gasteiger charge is 2.01. The molecule has 0 rings (SSSR count). The number of unbranched alkanes of at least 4 members (excludes halogenated alkanes) is 1. The van der Waals surface area contributed by atoms with E-state index in [9.17, 15) is 9.59 Å². The smallest absolute Gasteiger partial charge is 0.246 e. The van der Waals surface area contributed by atoms with Crippen molar-refractivity contribution in [3.05, 3.63) is 0 Å². The van der Waals surface area contributed by atoms with E-state index in [1.807, 2.05) is 0 Å². The Hall–Kier alpha value is -0.900. The van der Waals surface area contributed by atoms with E-state index in [0.29, 0.717) is 6.54 Å². The third-order valence-corrected chi connectivity index (χ3v) is 2.07. The number of rotatable bonds is 9. The molecule has 4 heteroatoms. The van der Waals surface area contributed by atoms with Gasteiger partial charge in [0.15, 0.2) is 5.78 Å². The Kier molecular flexibility index (Phi) is 8.81. The minimum absolute atomic E-state index is 0.0147. The summed E-state index contributed by atoms with van der Waals surface area (Å²) < 4.78 is 4.89. The summed E-state index contributed by atoms with van der Waals surface area (Å²) in [6, 6.07) is 0. The van der Waals surface area contributed by atoms with Gasteiger partial charge in [-0.05, 0) is 19.3 Å². The van der Waals surface area contributed by atoms with Gasteiger partial charge in [0.25, 0.3) is 0 Å². The SMILES string of the molecule is CC(=O)COCC(=O)NCCCCC(C)C. The lowest BCUT2D eigenvalue weighted by atomic mass is 10.1. The first-order chi connectivity index (χ1) is 7.52. The van der Waals surface area contributed by atoms with Crippen LogP contribution >= 0.6 is 0 Å². The van der Waals surface area contributed by atoms with Crippen molar-refractivity contribution in [2.75, 3.05) is 19.8 Å². The van der Waals surface area contributed by atoms with Crippen LogP contribution in [-0.4, -0.2) is 31.4 Å². The summed E-state index contributed by atoms with van der Waals surface area (Å²) in [5.74, 6) is 0.505. The summed E-state index contributed by atoms with van der Waals surface area (Å²) in [5, 5.41) is 2.75. The number of hydrogen-bond donors (Lipinski definition) is 1. The Morgan fingerprint density at radius 2 is 1.88 bits per heavy atom. The second kappa shape index (κ2) is 9.33. The number of amides is 1. The molecule has 0 aliphatic heterocycles. The molecular formula is C12H23NO3. The molecule has 0 unspecified atom stereocenters. The second-order valence-corrected chi connectivity index (χ2v) is 4.43. The minimum Gasteiger partial charge on any atom is -0.364 e. The van der Waals surface area contributed by atoms with Crippen LogP contribution in [0.2, 0.25) is 0 Å². The van der Waals surface area contributed by atoms with Crippen molar-refractivity contribution < 1.29 is 14.3 Å². The molecule has 1 amide bonds. The van der Waals surface area contributed by atoms with Gasteiger partial charge in [-0.25, -0.2) is 0 Å². The van der Waals surface area contributed by atoms with Crippen LogP contribution in [0.5, 0.6) is 0 Å². The number of nitrogens with one attached hydrogen (secondary N) is 1. The summed E-state index contributed by atoms with van der Waals surface area (Å²) in [6.45, 7) is 6.49. The minimum atomic E-state index is -0.147. The molecule has 0 saturated heterocycles. The van der Waals surface area contributed by atoms with Gasteiger partial charge < -0.3 is 10.1 Å². The quantitative estimate of drug-likeness (QED) is 0.610. The fraction of sp³-hybridized carbons (Fsp3) is 0.833. The van der Waals surface area contributed by atoms with Crippen LogP contribution in [0.1, 0.15) is 40.0 Å². The van der Waals surface area contributed by atoms with Crippen LogP contribution in [0.25, 0.3) is 0 Å². The number of ketones is 1. The lowest BCUT2D eigenvalue weighted by Crippen LogP contribution is -2.29. The van der Waals surface area contributed by atoms with E-state index in [-0.39, 0.29) is 24.9 Å². The van der Waals surface area contributed by atoms with Crippen molar-refractivity contribution in [2.24, 2.45) is 5.92 Å². The largest absolute Gasteiger partial charge is 0.364 e. The van der Waals surface area contributed by atoms with E-state index in [0.717, 1.165) is 18.8 Å². The van der Waals surface area contributed by atoms with E-state index in [4.69, 9.17) is 4.74 Å². The molecule has 16 heavy (non-hydrogen) atoms. The highest BCUT2D eigenvalue weighted by Crippen LogP contribution is 2.04. The van der Waals surface area contributed by atoms with Crippen LogP contribution in [0, 0.1) is 5.92 Å². The summed E-state index contributed by atoms with van der Waals surface area (Å²) in [7, 11) is 0. The molecule has 0 bridgehead atoms. The Bertz CT molecular complexity index is 214. The molecule has 0 aromatic carbocycles. The predicted octanol–water partition coefficient (Wildman–Crippen LogP) is 1.53. The molecule has 0 aromatic heterocycles. The van der Waals surface area contributed by atoms with Gasteiger partial charge in [0.2, 0.25) is 5.91 Å². The van der Waals surface area contributed by atoms with Crippen LogP contribution in [0.4, 0.5) is 0 Å². The van der Waals surface area contributed by atoms with Crippen LogP contribution in [0.15, 0.2) is 0 Å². The number of carbonyl (C=O) groups is 2. The third-order valence-electron chi connectivity index (χ3n) is 2.07. The zero-order valence-electron chi connectivity index (χ0n) is 10.5. The van der Waals surface area contributed by atoms with Crippen molar-refractivity contribution >= 4 is 11.7 Å². The number of Topliss-reactive ketones (excluding diaryl/α,β-unsaturated/α-hetero) is 1. The summed E-state index contributed by atoms with van der Waals surface area (Å²) in [4.78, 5) is 21.7. The lowest BCUT2D eigenvalue weighted by molar-refractivity contribution is -0.129. The van der Waals surface area contributed by atoms with E-state index in [1.165, 1.54) is 13.3 Å². The average Bonchev–Trinajstić information content (AvgIpc) is 2.16. The van der Waals surface area contributed by atoms with Crippen molar-refractivity contribution in [3.8, 4) is 0 Å². The molecule has 0 saturated carbocycles. The molecule has 0 atom stereocenters. The van der Waals surface area contributed by atoms with E-state index < -0.39 is 0 Å². The maximum Gasteiger partial charge on any atom is 0.246 e. The van der Waals surface area contributed by atoms with E-state index >= 15 is 0 Å². The van der Waals surface area contributed by atoms with Gasteiger partial charge in [-0.2, -0.15) is 0 Å². The molecule has 0 fully saturated rings. The first kappa shape index (κ1) is 15.1. The van der Waals surface area contributed by atoms with Gasteiger partial charge in [-0.1, -0.05) is 26.7 Å². The first-order valence-corrected chi connectivity index (χ1v) is 5.86. The molecule has 0 radical (unpaired) electrons. The zero-order chi connectivity index (χ0) is 12.4. The Morgan fingerprint density at radius 1 is 1.19 bits per heavy atom. The van der Waals surface area contributed by atoms with Gasteiger partial charge in [0.1, 0.15) is 13.2 Å². The summed E-state index contributed by atoms with van der Waals surface area (Å²) in [5.41, 5.74) is 0. The first-order valence-electron chi connectivity index (χ1n) is 5.86. The highest BCUT2D eigenvalue weighted by molar-refractivity contribution is 5.79. The fourth-order valence-electron chi connectivity index (χ4n) is 1.24. The molecule has 0 spiro atoms. The monoisotopic (exact) mass is 229 g/mol. The number of carbonyl (C=O) groups excluding carboxylic acids is 2. The molecule has 0 heterocycles. The van der Waals surface area contributed by atoms with Crippen LogP contribution < -0.4 is 5.32 Å². The number of hydrogen-bond acceptors (Lipinski definition) is 3. The molecular weight excluding hydrogens is 206 g/mol. The van der Waals surface area contributed by atoms with Crippen molar-refractivity contribution in [2.45, 2.75) is 40.0 Å². The highest BCUT2D eigenvalue weighted by atomic mass is 16.5. The molecule has 1 N–H and O–H groups in total. The van der Waals surface area contributed by atoms with Crippen molar-refractivity contribution in [1.82, 2.24) is 5.32 Å². The maximum atomic E-state index is 11.2. The molecule has 0 aromatic rings. The van der Waals surface area contributed by atoms with Crippen molar-refractivity contribution in [3.63, 3.8) is 0 Å². The molecule has 0 aliphatic carbocycles. The van der Waals surface area contributed by atoms with Gasteiger partial charge in [0.05, 0.1) is 0 Å². The average molecular weight is 229 g/mol. The second-order valence-electron chi connectivity index (χ2n) is 4.43. The molecule has 94 valence electrons. The van der Waals surface area contributed by atoms with Crippen LogP contribution in [0.3, 0.4) is 0 Å². The predicted molar refractivity (Wildman–Crippen MR) is 63.2 cm³/mol. The van der Waals surface area contributed by atoms with Gasteiger partial charge in [-0.3, -0.25) is 9.59 Å². The Morgan fingerprint density at radius 3 is 2.44 bits per heavy atom. The summed E-state index contributed by atoms with van der Waals surface area (Å²) in [6.07, 6.45) is 3.32. The fourth-order valence-corrected chi connectivity index (χ4v) is 1.24. The van der Waals surface area contributed by atoms with Crippen molar-refractivity contribution in [1.29, 1.82) is 0 Å². The van der Waals surface area contributed by atoms with E-state index in [1.54, 1.807) is 0 Å². The Balaban J connectivity index is 3.27. The lowest BCUT2D eigenvalue weighted by Gasteiger charge is -2.06.